The van der Waals surface area contributed by atoms with Gasteiger partial charge in [0.05, 0.1) is 0 Å². The largest absolute Gasteiger partial charge is 0.480 e. The van der Waals surface area contributed by atoms with Crippen LogP contribution in [0.2, 0.25) is 0 Å². The molecule has 4 heteroatoms. The number of carboxylic acids is 1. The first kappa shape index (κ1) is 16.5. The summed E-state index contributed by atoms with van der Waals surface area (Å²) in [5.41, 5.74) is 5.82. The summed E-state index contributed by atoms with van der Waals surface area (Å²) in [4.78, 5) is 13.3. The van der Waals surface area contributed by atoms with E-state index in [2.05, 4.69) is 24.0 Å². The zero-order chi connectivity index (χ0) is 15.0. The Morgan fingerprint density at radius 3 is 2.40 bits per heavy atom. The minimum absolute atomic E-state index is 0.484. The van der Waals surface area contributed by atoms with Crippen molar-refractivity contribution < 1.29 is 9.90 Å². The van der Waals surface area contributed by atoms with E-state index >= 15 is 0 Å². The van der Waals surface area contributed by atoms with Crippen LogP contribution in [-0.2, 0) is 4.79 Å². The summed E-state index contributed by atoms with van der Waals surface area (Å²) in [7, 11) is 0. The molecular weight excluding hydrogens is 252 g/mol. The number of carboxylic acid groups (broad SMARTS) is 1. The molecule has 1 rings (SSSR count). The van der Waals surface area contributed by atoms with Gasteiger partial charge in [-0.05, 0) is 38.3 Å². The number of nitrogens with zero attached hydrogens (tertiary/aromatic N) is 1. The quantitative estimate of drug-likeness (QED) is 0.729. The van der Waals surface area contributed by atoms with Gasteiger partial charge in [0.15, 0.2) is 0 Å². The second-order valence-corrected chi connectivity index (χ2v) is 5.50. The highest BCUT2D eigenvalue weighted by Crippen LogP contribution is 2.17. The van der Waals surface area contributed by atoms with Gasteiger partial charge in [-0.25, -0.2) is 0 Å². The predicted molar refractivity (Wildman–Crippen MR) is 83.0 cm³/mol. The van der Waals surface area contributed by atoms with Crippen molar-refractivity contribution in [2.45, 2.75) is 45.1 Å². The Balaban J connectivity index is 2.56. The number of hydrogen-bond acceptors (Lipinski definition) is 3. The van der Waals surface area contributed by atoms with Crippen LogP contribution in [0.4, 0.5) is 5.69 Å². The molecule has 1 aromatic rings. The first-order valence-corrected chi connectivity index (χ1v) is 7.29. The predicted octanol–water partition coefficient (Wildman–Crippen LogP) is 2.88. The first-order chi connectivity index (χ1) is 9.47. The summed E-state index contributed by atoms with van der Waals surface area (Å²) in [5.74, 6) is -0.933. The Hall–Kier alpha value is -1.55. The van der Waals surface area contributed by atoms with Gasteiger partial charge in [0, 0.05) is 18.8 Å². The Morgan fingerprint density at radius 1 is 1.25 bits per heavy atom. The van der Waals surface area contributed by atoms with Gasteiger partial charge in [-0.3, -0.25) is 4.79 Å². The summed E-state index contributed by atoms with van der Waals surface area (Å²) in [6.07, 6.45) is 3.54. The van der Waals surface area contributed by atoms with Gasteiger partial charge in [0.25, 0.3) is 0 Å². The highest BCUT2D eigenvalue weighted by Gasteiger charge is 2.27. The molecule has 0 aliphatic heterocycles. The van der Waals surface area contributed by atoms with Gasteiger partial charge in [-0.15, -0.1) is 0 Å². The molecule has 0 saturated carbocycles. The smallest absolute Gasteiger partial charge is 0.323 e. The molecule has 0 spiro atoms. The molecule has 1 atom stereocenters. The summed E-state index contributed by atoms with van der Waals surface area (Å²) in [6.45, 7) is 5.58. The summed E-state index contributed by atoms with van der Waals surface area (Å²) in [6, 6.07) is 10.2. The number of unbranched alkanes of at least 4 members (excludes halogenated alkanes) is 1. The number of carbonyl (C=O) groups is 1. The van der Waals surface area contributed by atoms with E-state index in [4.69, 9.17) is 10.8 Å². The van der Waals surface area contributed by atoms with E-state index in [1.807, 2.05) is 18.2 Å². The summed E-state index contributed by atoms with van der Waals surface area (Å²) in [5, 5.41) is 9.03. The van der Waals surface area contributed by atoms with Crippen LogP contribution >= 0.6 is 0 Å². The van der Waals surface area contributed by atoms with Crippen LogP contribution in [0.25, 0.3) is 0 Å². The zero-order valence-corrected chi connectivity index (χ0v) is 12.5. The Labute approximate surface area is 121 Å². The van der Waals surface area contributed by atoms with Crippen LogP contribution in [0, 0.1) is 0 Å². The van der Waals surface area contributed by atoms with Crippen LogP contribution in [-0.4, -0.2) is 29.7 Å². The lowest BCUT2D eigenvalue weighted by Crippen LogP contribution is -2.45. The van der Waals surface area contributed by atoms with Crippen LogP contribution in [0.3, 0.4) is 0 Å². The number of aliphatic carboxylic acids is 1. The molecule has 112 valence electrons. The highest BCUT2D eigenvalue weighted by molar-refractivity contribution is 5.77. The molecule has 20 heavy (non-hydrogen) atoms. The van der Waals surface area contributed by atoms with E-state index in [1.54, 1.807) is 6.92 Å². The fraction of sp³-hybridized carbons (Fsp3) is 0.562. The number of rotatable bonds is 9. The molecule has 1 aromatic carbocycles. The van der Waals surface area contributed by atoms with E-state index in [0.29, 0.717) is 6.42 Å². The standard InChI is InChI=1S/C16H26N2O2/c1-3-4-12-18(14-9-6-5-7-10-14)13-8-11-16(2,17)15(19)20/h5-7,9-10H,3-4,8,11-13,17H2,1-2H3,(H,19,20). The van der Waals surface area contributed by atoms with Crippen molar-refractivity contribution in [2.75, 3.05) is 18.0 Å². The van der Waals surface area contributed by atoms with Gasteiger partial charge >= 0.3 is 5.97 Å². The van der Waals surface area contributed by atoms with E-state index in [1.165, 1.54) is 5.69 Å². The number of para-hydroxylation sites is 1. The van der Waals surface area contributed by atoms with E-state index in [0.717, 1.165) is 32.4 Å². The maximum Gasteiger partial charge on any atom is 0.323 e. The van der Waals surface area contributed by atoms with Crippen LogP contribution in [0.5, 0.6) is 0 Å². The van der Waals surface area contributed by atoms with Crippen LogP contribution in [0.1, 0.15) is 39.5 Å². The molecule has 0 bridgehead atoms. The fourth-order valence-electron chi connectivity index (χ4n) is 2.10. The molecule has 0 amide bonds. The van der Waals surface area contributed by atoms with Gasteiger partial charge in [0.1, 0.15) is 5.54 Å². The average molecular weight is 278 g/mol. The monoisotopic (exact) mass is 278 g/mol. The maximum absolute atomic E-state index is 11.0. The molecule has 4 nitrogen and oxygen atoms in total. The second kappa shape index (κ2) is 7.90. The zero-order valence-electron chi connectivity index (χ0n) is 12.5. The van der Waals surface area contributed by atoms with Gasteiger partial charge < -0.3 is 15.7 Å². The van der Waals surface area contributed by atoms with Crippen LogP contribution < -0.4 is 10.6 Å². The van der Waals surface area contributed by atoms with Crippen molar-refractivity contribution in [3.05, 3.63) is 30.3 Å². The van der Waals surface area contributed by atoms with Gasteiger partial charge in [-0.1, -0.05) is 31.5 Å². The van der Waals surface area contributed by atoms with E-state index in [9.17, 15) is 4.79 Å². The lowest BCUT2D eigenvalue weighted by molar-refractivity contribution is -0.142. The van der Waals surface area contributed by atoms with Crippen molar-refractivity contribution in [3.8, 4) is 0 Å². The molecule has 0 radical (unpaired) electrons. The highest BCUT2D eigenvalue weighted by atomic mass is 16.4. The number of hydrogen-bond donors (Lipinski definition) is 2. The molecule has 0 heterocycles. The average Bonchev–Trinajstić information content (AvgIpc) is 2.43. The molecular formula is C16H26N2O2. The molecule has 0 fully saturated rings. The minimum atomic E-state index is -1.13. The maximum atomic E-state index is 11.0. The Kier molecular flexibility index (Phi) is 6.52. The SMILES string of the molecule is CCCCN(CCCC(C)(N)C(=O)O)c1ccccc1. The van der Waals surface area contributed by atoms with Crippen molar-refractivity contribution >= 4 is 11.7 Å². The molecule has 0 saturated heterocycles. The number of nitrogens with two attached hydrogens (primary N) is 1. The second-order valence-electron chi connectivity index (χ2n) is 5.50. The third kappa shape index (κ3) is 5.21. The van der Waals surface area contributed by atoms with Gasteiger partial charge in [-0.2, -0.15) is 0 Å². The van der Waals surface area contributed by atoms with E-state index in [-0.39, 0.29) is 0 Å². The number of benzene rings is 1. The summed E-state index contributed by atoms with van der Waals surface area (Å²) < 4.78 is 0. The normalized spacial score (nSPS) is 13.8. The molecule has 0 aliphatic carbocycles. The molecule has 3 N–H and O–H groups in total. The lowest BCUT2D eigenvalue weighted by Gasteiger charge is -2.26. The van der Waals surface area contributed by atoms with Crippen molar-refractivity contribution in [1.82, 2.24) is 0 Å². The minimum Gasteiger partial charge on any atom is -0.480 e. The number of anilines is 1. The van der Waals surface area contributed by atoms with Crippen molar-refractivity contribution in [2.24, 2.45) is 5.73 Å². The third-order valence-electron chi connectivity index (χ3n) is 3.52. The molecule has 0 aliphatic rings. The van der Waals surface area contributed by atoms with Gasteiger partial charge in [0.2, 0.25) is 0 Å². The Morgan fingerprint density at radius 2 is 1.85 bits per heavy atom. The molecule has 0 aromatic heterocycles. The molecule has 1 unspecified atom stereocenters. The Bertz CT molecular complexity index is 404. The van der Waals surface area contributed by atoms with Crippen molar-refractivity contribution in [3.63, 3.8) is 0 Å². The third-order valence-corrected chi connectivity index (χ3v) is 3.52. The lowest BCUT2D eigenvalue weighted by atomic mass is 9.97. The first-order valence-electron chi connectivity index (χ1n) is 7.29. The topological polar surface area (TPSA) is 66.6 Å². The van der Waals surface area contributed by atoms with Crippen molar-refractivity contribution in [1.29, 1.82) is 0 Å². The fourth-order valence-corrected chi connectivity index (χ4v) is 2.10. The summed E-state index contributed by atoms with van der Waals surface area (Å²) >= 11 is 0. The van der Waals surface area contributed by atoms with E-state index < -0.39 is 11.5 Å². The van der Waals surface area contributed by atoms with Crippen LogP contribution in [0.15, 0.2) is 30.3 Å².